The minimum absolute atomic E-state index is 0.0742. The second-order valence-electron chi connectivity index (χ2n) is 8.12. The molecule has 32 heavy (non-hydrogen) atoms. The third-order valence-corrected chi connectivity index (χ3v) is 5.33. The minimum Gasteiger partial charge on any atom is -0.406 e. The van der Waals surface area contributed by atoms with Crippen LogP contribution in [0.15, 0.2) is 47.4 Å². The zero-order chi connectivity index (χ0) is 22.9. The topological polar surface area (TPSA) is 71.1 Å². The Kier molecular flexibility index (Phi) is 6.01. The SMILES string of the molecule is CC(C)c1nc2c(c(=O)[nH]1)CN(Cc1ccc(-c3ccc(OC(F)(F)F)cc3)nc1)CC2. The van der Waals surface area contributed by atoms with E-state index in [1.807, 2.05) is 26.0 Å². The number of ether oxygens (including phenoxy) is 1. The molecule has 0 saturated carbocycles. The number of aromatic amines is 1. The molecule has 1 aliphatic heterocycles. The monoisotopic (exact) mass is 444 g/mol. The first-order valence-electron chi connectivity index (χ1n) is 10.3. The predicted molar refractivity (Wildman–Crippen MR) is 113 cm³/mol. The Bertz CT molecular complexity index is 1140. The molecule has 0 atom stereocenters. The molecule has 0 amide bonds. The molecule has 1 aliphatic rings. The number of nitrogens with one attached hydrogen (secondary N) is 1. The van der Waals surface area contributed by atoms with Crippen molar-refractivity contribution in [2.75, 3.05) is 6.54 Å². The highest BCUT2D eigenvalue weighted by Crippen LogP contribution is 2.26. The van der Waals surface area contributed by atoms with Crippen molar-refractivity contribution in [3.63, 3.8) is 0 Å². The Balaban J connectivity index is 1.42. The van der Waals surface area contributed by atoms with Gasteiger partial charge in [0.1, 0.15) is 11.6 Å². The van der Waals surface area contributed by atoms with E-state index in [4.69, 9.17) is 0 Å². The minimum atomic E-state index is -4.71. The number of hydrogen-bond donors (Lipinski definition) is 1. The smallest absolute Gasteiger partial charge is 0.406 e. The fourth-order valence-corrected chi connectivity index (χ4v) is 3.68. The molecule has 0 spiro atoms. The number of benzene rings is 1. The van der Waals surface area contributed by atoms with Crippen LogP contribution in [-0.2, 0) is 19.5 Å². The molecular formula is C23H23F3N4O2. The van der Waals surface area contributed by atoms with Crippen LogP contribution >= 0.6 is 0 Å². The van der Waals surface area contributed by atoms with Crippen LogP contribution in [0.4, 0.5) is 13.2 Å². The van der Waals surface area contributed by atoms with Crippen LogP contribution in [0, 0.1) is 0 Å². The highest BCUT2D eigenvalue weighted by Gasteiger charge is 2.31. The van der Waals surface area contributed by atoms with E-state index in [1.165, 1.54) is 24.3 Å². The number of alkyl halides is 3. The molecule has 0 aliphatic carbocycles. The van der Waals surface area contributed by atoms with Gasteiger partial charge in [-0.05, 0) is 35.9 Å². The van der Waals surface area contributed by atoms with Crippen molar-refractivity contribution in [3.05, 3.63) is 75.6 Å². The quantitative estimate of drug-likeness (QED) is 0.631. The number of rotatable bonds is 5. The van der Waals surface area contributed by atoms with E-state index >= 15 is 0 Å². The Hall–Kier alpha value is -3.20. The van der Waals surface area contributed by atoms with Gasteiger partial charge in [0, 0.05) is 43.7 Å². The lowest BCUT2D eigenvalue weighted by molar-refractivity contribution is -0.274. The van der Waals surface area contributed by atoms with E-state index < -0.39 is 6.36 Å². The van der Waals surface area contributed by atoms with Crippen molar-refractivity contribution in [1.82, 2.24) is 19.9 Å². The van der Waals surface area contributed by atoms with Crippen LogP contribution in [-0.4, -0.2) is 32.8 Å². The summed E-state index contributed by atoms with van der Waals surface area (Å²) in [6, 6.07) is 9.36. The van der Waals surface area contributed by atoms with Gasteiger partial charge >= 0.3 is 6.36 Å². The zero-order valence-electron chi connectivity index (χ0n) is 17.7. The standard InChI is InChI=1S/C23H23F3N4O2/c1-14(2)21-28-20-9-10-30(13-18(20)22(31)29-21)12-15-3-8-19(27-11-15)16-4-6-17(7-5-16)32-23(24,25)26/h3-8,11,14H,9-10,12-13H2,1-2H3,(H,28,29,31). The molecule has 2 aromatic heterocycles. The van der Waals surface area contributed by atoms with Crippen LogP contribution in [0.5, 0.6) is 5.75 Å². The van der Waals surface area contributed by atoms with Gasteiger partial charge in [-0.2, -0.15) is 0 Å². The van der Waals surface area contributed by atoms with Crippen molar-refractivity contribution in [1.29, 1.82) is 0 Å². The summed E-state index contributed by atoms with van der Waals surface area (Å²) in [5, 5.41) is 0. The van der Waals surface area contributed by atoms with Crippen LogP contribution in [0.3, 0.4) is 0 Å². The van der Waals surface area contributed by atoms with Crippen LogP contribution < -0.4 is 10.3 Å². The van der Waals surface area contributed by atoms with Gasteiger partial charge in [0.15, 0.2) is 0 Å². The number of fused-ring (bicyclic) bond motifs is 1. The second-order valence-corrected chi connectivity index (χ2v) is 8.12. The largest absolute Gasteiger partial charge is 0.573 e. The van der Waals surface area contributed by atoms with E-state index in [1.54, 1.807) is 6.20 Å². The van der Waals surface area contributed by atoms with Gasteiger partial charge in [-0.15, -0.1) is 13.2 Å². The first kappa shape index (κ1) is 22.0. The Labute approximate surface area is 183 Å². The third-order valence-electron chi connectivity index (χ3n) is 5.33. The fraction of sp³-hybridized carbons (Fsp3) is 0.348. The van der Waals surface area contributed by atoms with E-state index in [0.29, 0.717) is 29.9 Å². The molecule has 3 aromatic rings. The number of H-pyrrole nitrogens is 1. The molecular weight excluding hydrogens is 421 g/mol. The second kappa shape index (κ2) is 8.74. The van der Waals surface area contributed by atoms with Crippen molar-refractivity contribution >= 4 is 0 Å². The lowest BCUT2D eigenvalue weighted by Gasteiger charge is -2.28. The van der Waals surface area contributed by atoms with E-state index in [0.717, 1.165) is 30.0 Å². The summed E-state index contributed by atoms with van der Waals surface area (Å²) >= 11 is 0. The fourth-order valence-electron chi connectivity index (χ4n) is 3.68. The summed E-state index contributed by atoms with van der Waals surface area (Å²) in [5.74, 6) is 0.622. The Morgan fingerprint density at radius 1 is 1.16 bits per heavy atom. The number of halogens is 3. The molecule has 4 rings (SSSR count). The van der Waals surface area contributed by atoms with Gasteiger partial charge in [-0.3, -0.25) is 14.7 Å². The third kappa shape index (κ3) is 5.16. The maximum atomic E-state index is 12.5. The summed E-state index contributed by atoms with van der Waals surface area (Å²) in [6.07, 6.45) is -2.25. The van der Waals surface area contributed by atoms with Crippen LogP contribution in [0.25, 0.3) is 11.3 Å². The van der Waals surface area contributed by atoms with Crippen molar-refractivity contribution in [2.45, 2.75) is 45.6 Å². The molecule has 1 aromatic carbocycles. The van der Waals surface area contributed by atoms with Gasteiger partial charge in [0.05, 0.1) is 17.0 Å². The number of pyridine rings is 1. The van der Waals surface area contributed by atoms with Crippen molar-refractivity contribution in [3.8, 4) is 17.0 Å². The summed E-state index contributed by atoms with van der Waals surface area (Å²) < 4.78 is 40.8. The Morgan fingerprint density at radius 2 is 1.91 bits per heavy atom. The normalized spacial score (nSPS) is 14.4. The first-order chi connectivity index (χ1) is 15.2. The average molecular weight is 444 g/mol. The highest BCUT2D eigenvalue weighted by molar-refractivity contribution is 5.60. The summed E-state index contributed by atoms with van der Waals surface area (Å²) in [4.78, 5) is 26.6. The zero-order valence-corrected chi connectivity index (χ0v) is 17.7. The molecule has 1 N–H and O–H groups in total. The lowest BCUT2D eigenvalue weighted by atomic mass is 10.0. The molecule has 168 valence electrons. The van der Waals surface area contributed by atoms with E-state index in [9.17, 15) is 18.0 Å². The summed E-state index contributed by atoms with van der Waals surface area (Å²) in [6.45, 7) is 5.96. The molecule has 6 nitrogen and oxygen atoms in total. The van der Waals surface area contributed by atoms with E-state index in [-0.39, 0.29) is 17.2 Å². The molecule has 0 bridgehead atoms. The van der Waals surface area contributed by atoms with E-state index in [2.05, 4.69) is 24.6 Å². The molecule has 0 fully saturated rings. The van der Waals surface area contributed by atoms with Gasteiger partial charge in [-0.1, -0.05) is 19.9 Å². The van der Waals surface area contributed by atoms with Gasteiger partial charge in [-0.25, -0.2) is 4.98 Å². The number of hydrogen-bond acceptors (Lipinski definition) is 5. The number of nitrogens with zero attached hydrogens (tertiary/aromatic N) is 3. The van der Waals surface area contributed by atoms with Crippen LogP contribution in [0.1, 0.15) is 42.4 Å². The maximum absolute atomic E-state index is 12.5. The maximum Gasteiger partial charge on any atom is 0.573 e. The van der Waals surface area contributed by atoms with Gasteiger partial charge in [0.2, 0.25) is 0 Å². The van der Waals surface area contributed by atoms with Crippen molar-refractivity contribution < 1.29 is 17.9 Å². The van der Waals surface area contributed by atoms with Crippen LogP contribution in [0.2, 0.25) is 0 Å². The predicted octanol–water partition coefficient (Wildman–Crippen LogP) is 4.41. The highest BCUT2D eigenvalue weighted by atomic mass is 19.4. The molecule has 9 heteroatoms. The molecule has 0 unspecified atom stereocenters. The van der Waals surface area contributed by atoms with Gasteiger partial charge in [0.25, 0.3) is 5.56 Å². The molecule has 0 saturated heterocycles. The summed E-state index contributed by atoms with van der Waals surface area (Å²) in [5.41, 5.74) is 3.84. The van der Waals surface area contributed by atoms with Gasteiger partial charge < -0.3 is 9.72 Å². The average Bonchev–Trinajstić information content (AvgIpc) is 2.74. The number of aromatic nitrogens is 3. The Morgan fingerprint density at radius 3 is 2.53 bits per heavy atom. The molecule has 3 heterocycles. The first-order valence-corrected chi connectivity index (χ1v) is 10.3. The van der Waals surface area contributed by atoms with Crippen molar-refractivity contribution in [2.24, 2.45) is 0 Å². The molecule has 0 radical (unpaired) electrons. The summed E-state index contributed by atoms with van der Waals surface area (Å²) in [7, 11) is 0. The lowest BCUT2D eigenvalue weighted by Crippen LogP contribution is -2.36.